The van der Waals surface area contributed by atoms with Crippen LogP contribution in [0.4, 0.5) is 0 Å². The van der Waals surface area contributed by atoms with Crippen molar-refractivity contribution in [1.82, 2.24) is 9.80 Å². The molecule has 0 aromatic rings. The van der Waals surface area contributed by atoms with Crippen LogP contribution in [0.1, 0.15) is 41.0 Å². The van der Waals surface area contributed by atoms with Crippen LogP contribution in [0.5, 0.6) is 0 Å². The van der Waals surface area contributed by atoms with Crippen LogP contribution in [0.25, 0.3) is 0 Å². The van der Waals surface area contributed by atoms with Crippen molar-refractivity contribution in [3.8, 4) is 0 Å². The van der Waals surface area contributed by atoms with Crippen molar-refractivity contribution in [2.45, 2.75) is 58.2 Å². The van der Waals surface area contributed by atoms with Crippen LogP contribution in [0.3, 0.4) is 0 Å². The van der Waals surface area contributed by atoms with Crippen LogP contribution >= 0.6 is 0 Å². The van der Waals surface area contributed by atoms with Crippen molar-refractivity contribution < 1.29 is 9.90 Å². The topological polar surface area (TPSA) is 69.8 Å². The molecule has 0 aromatic heterocycles. The molecule has 5 heteroatoms. The number of piperazine rings is 1. The van der Waals surface area contributed by atoms with Gasteiger partial charge in [-0.1, -0.05) is 0 Å². The lowest BCUT2D eigenvalue weighted by molar-refractivity contribution is -0.143. The van der Waals surface area contributed by atoms with Crippen molar-refractivity contribution in [3.05, 3.63) is 0 Å². The minimum absolute atomic E-state index is 0.202. The summed E-state index contributed by atoms with van der Waals surface area (Å²) < 4.78 is 0. The van der Waals surface area contributed by atoms with Gasteiger partial charge in [0.15, 0.2) is 0 Å². The van der Waals surface area contributed by atoms with Gasteiger partial charge in [0.05, 0.1) is 0 Å². The predicted octanol–water partition coefficient (Wildman–Crippen LogP) is 0.983. The summed E-state index contributed by atoms with van der Waals surface area (Å²) in [4.78, 5) is 15.9. The zero-order valence-electron chi connectivity index (χ0n) is 12.9. The Morgan fingerprint density at radius 1 is 1.21 bits per heavy atom. The summed E-state index contributed by atoms with van der Waals surface area (Å²) in [5, 5.41) is 9.09. The molecule has 1 aliphatic rings. The molecule has 1 fully saturated rings. The number of nitrogens with two attached hydrogens (primary N) is 1. The van der Waals surface area contributed by atoms with Gasteiger partial charge in [-0.05, 0) is 41.0 Å². The van der Waals surface area contributed by atoms with E-state index in [1.807, 2.05) is 0 Å². The normalized spacial score (nSPS) is 23.9. The van der Waals surface area contributed by atoms with Gasteiger partial charge in [0.1, 0.15) is 5.54 Å². The van der Waals surface area contributed by atoms with Crippen LogP contribution in [-0.4, -0.2) is 64.2 Å². The van der Waals surface area contributed by atoms with Crippen LogP contribution < -0.4 is 5.73 Å². The van der Waals surface area contributed by atoms with E-state index >= 15 is 0 Å². The number of aliphatic carboxylic acids is 1. The van der Waals surface area contributed by atoms with Gasteiger partial charge in [0.2, 0.25) is 0 Å². The first-order valence-corrected chi connectivity index (χ1v) is 7.05. The summed E-state index contributed by atoms with van der Waals surface area (Å²) in [6, 6.07) is 0.202. The SMILES string of the molecule is CC(CC(C)(N)C(=O)O)N1CCN(C(C)(C)C)CC1. The van der Waals surface area contributed by atoms with Crippen molar-refractivity contribution in [2.75, 3.05) is 26.2 Å². The van der Waals surface area contributed by atoms with Gasteiger partial charge in [0.25, 0.3) is 0 Å². The third kappa shape index (κ3) is 4.44. The summed E-state index contributed by atoms with van der Waals surface area (Å²) in [5.41, 5.74) is 4.90. The number of nitrogens with zero attached hydrogens (tertiary/aromatic N) is 2. The molecule has 2 atom stereocenters. The van der Waals surface area contributed by atoms with E-state index in [0.717, 1.165) is 26.2 Å². The molecule has 2 unspecified atom stereocenters. The highest BCUT2D eigenvalue weighted by Crippen LogP contribution is 2.20. The lowest BCUT2D eigenvalue weighted by Gasteiger charge is -2.44. The van der Waals surface area contributed by atoms with Gasteiger partial charge in [0, 0.05) is 37.8 Å². The first-order valence-electron chi connectivity index (χ1n) is 7.05. The van der Waals surface area contributed by atoms with Crippen molar-refractivity contribution in [2.24, 2.45) is 5.73 Å². The molecule has 0 saturated carbocycles. The Morgan fingerprint density at radius 2 is 1.68 bits per heavy atom. The first kappa shape index (κ1) is 16.4. The Balaban J connectivity index is 2.50. The smallest absolute Gasteiger partial charge is 0.323 e. The number of hydrogen-bond donors (Lipinski definition) is 2. The van der Waals surface area contributed by atoms with E-state index in [1.54, 1.807) is 6.92 Å². The molecule has 0 spiro atoms. The Bertz CT molecular complexity index is 315. The van der Waals surface area contributed by atoms with Gasteiger partial charge in [-0.15, -0.1) is 0 Å². The monoisotopic (exact) mass is 271 g/mol. The molecule has 0 aromatic carbocycles. The second kappa shape index (κ2) is 5.77. The predicted molar refractivity (Wildman–Crippen MR) is 77.2 cm³/mol. The molecule has 5 nitrogen and oxygen atoms in total. The number of carboxylic acid groups (broad SMARTS) is 1. The summed E-state index contributed by atoms with van der Waals surface area (Å²) in [6.07, 6.45) is 0.484. The van der Waals surface area contributed by atoms with Crippen LogP contribution in [-0.2, 0) is 4.79 Å². The van der Waals surface area contributed by atoms with Crippen LogP contribution in [0.15, 0.2) is 0 Å². The molecular formula is C14H29N3O2. The maximum absolute atomic E-state index is 11.1. The van der Waals surface area contributed by atoms with Gasteiger partial charge < -0.3 is 10.8 Å². The van der Waals surface area contributed by atoms with Gasteiger partial charge in [-0.25, -0.2) is 0 Å². The van der Waals surface area contributed by atoms with Crippen molar-refractivity contribution in [1.29, 1.82) is 0 Å². The molecule has 1 saturated heterocycles. The zero-order chi connectivity index (χ0) is 14.8. The van der Waals surface area contributed by atoms with Gasteiger partial charge >= 0.3 is 5.97 Å². The lowest BCUT2D eigenvalue weighted by atomic mass is 9.94. The molecular weight excluding hydrogens is 242 g/mol. The van der Waals surface area contributed by atoms with E-state index in [9.17, 15) is 4.79 Å². The second-order valence-corrected chi connectivity index (χ2v) is 6.97. The number of carboxylic acids is 1. The summed E-state index contributed by atoms with van der Waals surface area (Å²) >= 11 is 0. The Hall–Kier alpha value is -0.650. The van der Waals surface area contributed by atoms with Gasteiger partial charge in [-0.3, -0.25) is 14.6 Å². The highest BCUT2D eigenvalue weighted by Gasteiger charge is 2.34. The number of carbonyl (C=O) groups is 1. The molecule has 0 amide bonds. The highest BCUT2D eigenvalue weighted by molar-refractivity contribution is 5.77. The molecule has 19 heavy (non-hydrogen) atoms. The van der Waals surface area contributed by atoms with E-state index < -0.39 is 11.5 Å². The summed E-state index contributed by atoms with van der Waals surface area (Å²) in [6.45, 7) is 14.4. The quantitative estimate of drug-likeness (QED) is 0.798. The highest BCUT2D eigenvalue weighted by atomic mass is 16.4. The molecule has 0 bridgehead atoms. The Morgan fingerprint density at radius 3 is 2.05 bits per heavy atom. The van der Waals surface area contributed by atoms with E-state index in [1.165, 1.54) is 0 Å². The zero-order valence-corrected chi connectivity index (χ0v) is 12.9. The minimum Gasteiger partial charge on any atom is -0.480 e. The number of rotatable bonds is 4. The molecule has 1 heterocycles. The average molecular weight is 271 g/mol. The standard InChI is InChI=1S/C14H29N3O2/c1-11(10-14(5,15)12(18)19)16-6-8-17(9-7-16)13(2,3)4/h11H,6-10,15H2,1-5H3,(H,18,19). The van der Waals surface area contributed by atoms with E-state index in [-0.39, 0.29) is 11.6 Å². The molecule has 0 radical (unpaired) electrons. The molecule has 0 aliphatic carbocycles. The minimum atomic E-state index is -1.14. The van der Waals surface area contributed by atoms with E-state index in [4.69, 9.17) is 10.8 Å². The lowest BCUT2D eigenvalue weighted by Crippen LogP contribution is -2.57. The maximum Gasteiger partial charge on any atom is 0.323 e. The van der Waals surface area contributed by atoms with E-state index in [0.29, 0.717) is 6.42 Å². The Labute approximate surface area is 116 Å². The third-order valence-electron chi connectivity index (χ3n) is 4.09. The largest absolute Gasteiger partial charge is 0.480 e. The van der Waals surface area contributed by atoms with Crippen molar-refractivity contribution >= 4 is 5.97 Å². The number of hydrogen-bond acceptors (Lipinski definition) is 4. The molecule has 3 N–H and O–H groups in total. The molecule has 112 valence electrons. The summed E-state index contributed by atoms with van der Waals surface area (Å²) in [7, 11) is 0. The van der Waals surface area contributed by atoms with E-state index in [2.05, 4.69) is 37.5 Å². The maximum atomic E-state index is 11.1. The van der Waals surface area contributed by atoms with Gasteiger partial charge in [-0.2, -0.15) is 0 Å². The first-order chi connectivity index (χ1) is 8.54. The fourth-order valence-electron chi connectivity index (χ4n) is 2.66. The average Bonchev–Trinajstić information content (AvgIpc) is 2.27. The van der Waals surface area contributed by atoms with Crippen LogP contribution in [0.2, 0.25) is 0 Å². The second-order valence-electron chi connectivity index (χ2n) is 6.97. The molecule has 1 aliphatic heterocycles. The summed E-state index contributed by atoms with van der Waals surface area (Å²) in [5.74, 6) is -0.923. The Kier molecular flexibility index (Phi) is 4.98. The fraction of sp³-hybridized carbons (Fsp3) is 0.929. The van der Waals surface area contributed by atoms with Crippen LogP contribution in [0, 0.1) is 0 Å². The third-order valence-corrected chi connectivity index (χ3v) is 4.09. The molecule has 1 rings (SSSR count). The fourth-order valence-corrected chi connectivity index (χ4v) is 2.66. The van der Waals surface area contributed by atoms with Crippen molar-refractivity contribution in [3.63, 3.8) is 0 Å².